The Kier molecular flexibility index (Phi) is 5.04. The van der Waals surface area contributed by atoms with E-state index < -0.39 is 0 Å². The number of nitrogens with one attached hydrogen (secondary N) is 1. The molecule has 1 N–H and O–H groups in total. The Morgan fingerprint density at radius 3 is 2.50 bits per heavy atom. The van der Waals surface area contributed by atoms with Gasteiger partial charge in [-0.1, -0.05) is 45.4 Å². The lowest BCUT2D eigenvalue weighted by atomic mass is 9.78. The van der Waals surface area contributed by atoms with Crippen molar-refractivity contribution >= 4 is 0 Å². The zero-order valence-corrected chi connectivity index (χ0v) is 13.3. The molecule has 3 aliphatic rings. The van der Waals surface area contributed by atoms with Gasteiger partial charge in [0.1, 0.15) is 0 Å². The maximum absolute atomic E-state index is 6.24. The van der Waals surface area contributed by atoms with Gasteiger partial charge in [-0.15, -0.1) is 0 Å². The quantitative estimate of drug-likeness (QED) is 0.755. The Labute approximate surface area is 125 Å². The average Bonchev–Trinajstić information content (AvgIpc) is 2.65. The van der Waals surface area contributed by atoms with Gasteiger partial charge in [0.2, 0.25) is 0 Å². The van der Waals surface area contributed by atoms with Crippen LogP contribution in [0.25, 0.3) is 0 Å². The van der Waals surface area contributed by atoms with Crippen molar-refractivity contribution in [3.8, 4) is 0 Å². The molecular formula is C18H33NO. The number of hydrogen-bond donors (Lipinski definition) is 1. The van der Waals surface area contributed by atoms with E-state index in [0.717, 1.165) is 18.6 Å². The first-order valence-corrected chi connectivity index (χ1v) is 9.17. The molecule has 2 heteroatoms. The summed E-state index contributed by atoms with van der Waals surface area (Å²) in [7, 11) is 0. The van der Waals surface area contributed by atoms with Crippen LogP contribution in [0.4, 0.5) is 0 Å². The third-order valence-corrected chi connectivity index (χ3v) is 6.07. The van der Waals surface area contributed by atoms with Crippen molar-refractivity contribution in [1.29, 1.82) is 0 Å². The van der Waals surface area contributed by atoms with Gasteiger partial charge in [-0.3, -0.25) is 0 Å². The third kappa shape index (κ3) is 3.57. The van der Waals surface area contributed by atoms with Gasteiger partial charge >= 0.3 is 0 Å². The second kappa shape index (κ2) is 6.79. The van der Waals surface area contributed by atoms with Crippen LogP contribution in [0, 0.1) is 5.92 Å². The fourth-order valence-corrected chi connectivity index (χ4v) is 4.76. The van der Waals surface area contributed by atoms with Crippen molar-refractivity contribution < 1.29 is 4.74 Å². The van der Waals surface area contributed by atoms with E-state index in [1.54, 1.807) is 0 Å². The highest BCUT2D eigenvalue weighted by molar-refractivity contribution is 4.93. The summed E-state index contributed by atoms with van der Waals surface area (Å²) in [4.78, 5) is 0. The minimum Gasteiger partial charge on any atom is -0.375 e. The first-order valence-electron chi connectivity index (χ1n) is 9.17. The van der Waals surface area contributed by atoms with Gasteiger partial charge in [-0.25, -0.2) is 0 Å². The van der Waals surface area contributed by atoms with Crippen molar-refractivity contribution in [3.63, 3.8) is 0 Å². The Morgan fingerprint density at radius 2 is 1.65 bits per heavy atom. The lowest BCUT2D eigenvalue weighted by Crippen LogP contribution is -2.51. The second-order valence-corrected chi connectivity index (χ2v) is 7.67. The normalized spacial score (nSPS) is 38.5. The highest BCUT2D eigenvalue weighted by Crippen LogP contribution is 2.39. The van der Waals surface area contributed by atoms with Crippen molar-refractivity contribution in [2.75, 3.05) is 6.61 Å². The van der Waals surface area contributed by atoms with E-state index in [1.807, 2.05) is 0 Å². The minimum absolute atomic E-state index is 0.252. The molecule has 1 aliphatic heterocycles. The average molecular weight is 279 g/mol. The van der Waals surface area contributed by atoms with E-state index in [2.05, 4.69) is 12.2 Å². The third-order valence-electron chi connectivity index (χ3n) is 6.07. The first-order chi connectivity index (χ1) is 9.77. The van der Waals surface area contributed by atoms with Gasteiger partial charge in [0, 0.05) is 18.7 Å². The summed E-state index contributed by atoms with van der Waals surface area (Å²) in [5.74, 6) is 0.864. The summed E-state index contributed by atoms with van der Waals surface area (Å²) in [5, 5.41) is 4.04. The zero-order valence-electron chi connectivity index (χ0n) is 13.3. The standard InChI is InChI=1S/C18H33NO/c1-15-8-4-2-5-9-17(15)19-16-10-13-20-18(14-16)11-6-3-7-12-18/h15-17,19H,2-14H2,1H3. The van der Waals surface area contributed by atoms with Gasteiger partial charge in [0.15, 0.2) is 0 Å². The molecule has 0 radical (unpaired) electrons. The fraction of sp³-hybridized carbons (Fsp3) is 1.00. The van der Waals surface area contributed by atoms with E-state index in [4.69, 9.17) is 4.74 Å². The molecule has 0 aromatic heterocycles. The van der Waals surface area contributed by atoms with Crippen molar-refractivity contribution in [1.82, 2.24) is 5.32 Å². The Morgan fingerprint density at radius 1 is 0.900 bits per heavy atom. The summed E-state index contributed by atoms with van der Waals surface area (Å²) in [6, 6.07) is 1.48. The first kappa shape index (κ1) is 14.8. The van der Waals surface area contributed by atoms with E-state index in [0.29, 0.717) is 6.04 Å². The predicted octanol–water partition coefficient (Wildman–Crippen LogP) is 4.43. The van der Waals surface area contributed by atoms with Crippen LogP contribution < -0.4 is 5.32 Å². The van der Waals surface area contributed by atoms with Crippen LogP contribution in [-0.2, 0) is 4.74 Å². The number of rotatable bonds is 2. The van der Waals surface area contributed by atoms with Crippen LogP contribution in [0.15, 0.2) is 0 Å². The SMILES string of the molecule is CC1CCCCCC1NC1CCOC2(CCCCC2)C1. The maximum atomic E-state index is 6.24. The van der Waals surface area contributed by atoms with Crippen LogP contribution >= 0.6 is 0 Å². The largest absolute Gasteiger partial charge is 0.375 e. The van der Waals surface area contributed by atoms with E-state index in [9.17, 15) is 0 Å². The molecule has 2 aliphatic carbocycles. The van der Waals surface area contributed by atoms with Gasteiger partial charge in [-0.05, 0) is 44.4 Å². The highest BCUT2D eigenvalue weighted by atomic mass is 16.5. The maximum Gasteiger partial charge on any atom is 0.0697 e. The molecule has 1 spiro atoms. The van der Waals surface area contributed by atoms with Crippen LogP contribution in [-0.4, -0.2) is 24.3 Å². The molecule has 0 amide bonds. The Hall–Kier alpha value is -0.0800. The molecule has 1 heterocycles. The molecule has 1 saturated heterocycles. The lowest BCUT2D eigenvalue weighted by molar-refractivity contribution is -0.110. The molecular weight excluding hydrogens is 246 g/mol. The van der Waals surface area contributed by atoms with E-state index >= 15 is 0 Å². The summed E-state index contributed by atoms with van der Waals surface area (Å²) in [5.41, 5.74) is 0.252. The van der Waals surface area contributed by atoms with Crippen LogP contribution in [0.3, 0.4) is 0 Å². The van der Waals surface area contributed by atoms with Crippen molar-refractivity contribution in [2.24, 2.45) is 5.92 Å². The predicted molar refractivity (Wildman–Crippen MR) is 84.0 cm³/mol. The van der Waals surface area contributed by atoms with Crippen LogP contribution in [0.2, 0.25) is 0 Å². The molecule has 0 aromatic carbocycles. The van der Waals surface area contributed by atoms with Gasteiger partial charge in [-0.2, -0.15) is 0 Å². The summed E-state index contributed by atoms with van der Waals surface area (Å²) in [6.07, 6.45) is 16.4. The Balaban J connectivity index is 1.56. The molecule has 0 bridgehead atoms. The Bertz CT molecular complexity index is 292. The van der Waals surface area contributed by atoms with Gasteiger partial charge < -0.3 is 10.1 Å². The molecule has 3 atom stereocenters. The highest BCUT2D eigenvalue weighted by Gasteiger charge is 2.39. The van der Waals surface area contributed by atoms with Crippen molar-refractivity contribution in [3.05, 3.63) is 0 Å². The molecule has 2 nitrogen and oxygen atoms in total. The van der Waals surface area contributed by atoms with Gasteiger partial charge in [0.05, 0.1) is 5.60 Å². The molecule has 3 rings (SSSR count). The topological polar surface area (TPSA) is 21.3 Å². The molecule has 0 aromatic rings. The second-order valence-electron chi connectivity index (χ2n) is 7.67. The monoisotopic (exact) mass is 279 g/mol. The van der Waals surface area contributed by atoms with Gasteiger partial charge in [0.25, 0.3) is 0 Å². The van der Waals surface area contributed by atoms with E-state index in [1.165, 1.54) is 77.0 Å². The molecule has 2 saturated carbocycles. The van der Waals surface area contributed by atoms with Crippen LogP contribution in [0.1, 0.15) is 84.0 Å². The molecule has 116 valence electrons. The lowest BCUT2D eigenvalue weighted by Gasteiger charge is -2.45. The zero-order chi connectivity index (χ0) is 13.8. The minimum atomic E-state index is 0.252. The number of hydrogen-bond acceptors (Lipinski definition) is 2. The number of ether oxygens (including phenoxy) is 1. The van der Waals surface area contributed by atoms with Crippen LogP contribution in [0.5, 0.6) is 0 Å². The summed E-state index contributed by atoms with van der Waals surface area (Å²) >= 11 is 0. The molecule has 3 unspecified atom stereocenters. The summed E-state index contributed by atoms with van der Waals surface area (Å²) < 4.78 is 6.24. The molecule has 20 heavy (non-hydrogen) atoms. The fourth-order valence-electron chi connectivity index (χ4n) is 4.76. The van der Waals surface area contributed by atoms with Crippen molar-refractivity contribution in [2.45, 2.75) is 102 Å². The smallest absolute Gasteiger partial charge is 0.0697 e. The summed E-state index contributed by atoms with van der Waals surface area (Å²) in [6.45, 7) is 3.44. The molecule has 3 fully saturated rings. The van der Waals surface area contributed by atoms with E-state index in [-0.39, 0.29) is 5.60 Å².